The van der Waals surface area contributed by atoms with Crippen LogP contribution in [0.1, 0.15) is 18.8 Å². The lowest BCUT2D eigenvalue weighted by molar-refractivity contribution is -0.141. The number of aromatic nitrogens is 3. The van der Waals surface area contributed by atoms with Crippen molar-refractivity contribution >= 4 is 18.2 Å². The summed E-state index contributed by atoms with van der Waals surface area (Å²) in [4.78, 5) is 11.1. The van der Waals surface area contributed by atoms with Crippen molar-refractivity contribution in [1.82, 2.24) is 14.8 Å². The van der Waals surface area contributed by atoms with Gasteiger partial charge in [-0.3, -0.25) is 14.5 Å². The van der Waals surface area contributed by atoms with E-state index in [0.717, 1.165) is 0 Å². The van der Waals surface area contributed by atoms with Gasteiger partial charge in [0.15, 0.2) is 10.6 Å². The number of rotatable bonds is 4. The van der Waals surface area contributed by atoms with Crippen LogP contribution in [-0.4, -0.2) is 39.1 Å². The number of aliphatic hydroxyl groups is 1. The fraction of sp³-hybridized carbons (Fsp3) is 0.625. The minimum Gasteiger partial charge on any atom is -0.468 e. The standard InChI is InChI=1S/C8H14N4O3S/c1-4(13)6(9)7-10-11-8(16)12(7)3-5(14)15-2/h4,6,13H,3,9H2,1-2H3,(H,11,16)/t4-,6-/m0/s1. The fourth-order valence-corrected chi connectivity index (χ4v) is 1.35. The number of nitrogens with one attached hydrogen (secondary N) is 1. The third-order valence-corrected chi connectivity index (χ3v) is 2.43. The Kier molecular flexibility index (Phi) is 4.16. The van der Waals surface area contributed by atoms with Gasteiger partial charge in [0.05, 0.1) is 19.3 Å². The van der Waals surface area contributed by atoms with E-state index in [-0.39, 0.29) is 11.3 Å². The van der Waals surface area contributed by atoms with Crippen LogP contribution in [-0.2, 0) is 16.1 Å². The van der Waals surface area contributed by atoms with Crippen LogP contribution in [0.15, 0.2) is 0 Å². The maximum absolute atomic E-state index is 11.1. The molecular formula is C8H14N4O3S. The second kappa shape index (κ2) is 5.19. The first-order chi connectivity index (χ1) is 7.47. The van der Waals surface area contributed by atoms with E-state index in [2.05, 4.69) is 14.9 Å². The number of methoxy groups -OCH3 is 1. The van der Waals surface area contributed by atoms with Gasteiger partial charge in [-0.2, -0.15) is 5.10 Å². The second-order valence-electron chi connectivity index (χ2n) is 3.32. The number of esters is 1. The topological polar surface area (TPSA) is 106 Å². The molecule has 0 aromatic carbocycles. The summed E-state index contributed by atoms with van der Waals surface area (Å²) in [6, 6.07) is -0.711. The zero-order chi connectivity index (χ0) is 12.3. The molecule has 4 N–H and O–H groups in total. The zero-order valence-corrected chi connectivity index (χ0v) is 9.82. The molecule has 0 saturated carbocycles. The lowest BCUT2D eigenvalue weighted by atomic mass is 10.2. The highest BCUT2D eigenvalue weighted by Crippen LogP contribution is 2.12. The largest absolute Gasteiger partial charge is 0.468 e. The molecule has 0 unspecified atom stereocenters. The van der Waals surface area contributed by atoms with Gasteiger partial charge in [0.25, 0.3) is 0 Å². The van der Waals surface area contributed by atoms with Crippen molar-refractivity contribution in [2.45, 2.75) is 25.6 Å². The van der Waals surface area contributed by atoms with E-state index in [1.807, 2.05) is 0 Å². The van der Waals surface area contributed by atoms with Crippen LogP contribution in [0.5, 0.6) is 0 Å². The lowest BCUT2D eigenvalue weighted by Gasteiger charge is -2.14. The van der Waals surface area contributed by atoms with E-state index in [4.69, 9.17) is 18.0 Å². The molecular weight excluding hydrogens is 232 g/mol. The van der Waals surface area contributed by atoms with E-state index >= 15 is 0 Å². The molecule has 0 bridgehead atoms. The molecule has 7 nitrogen and oxygen atoms in total. The number of hydrogen-bond acceptors (Lipinski definition) is 6. The van der Waals surface area contributed by atoms with Crippen molar-refractivity contribution in [2.75, 3.05) is 7.11 Å². The van der Waals surface area contributed by atoms with Gasteiger partial charge in [0.2, 0.25) is 0 Å². The molecule has 0 saturated heterocycles. The monoisotopic (exact) mass is 246 g/mol. The predicted octanol–water partition coefficient (Wildman–Crippen LogP) is -0.506. The summed E-state index contributed by atoms with van der Waals surface area (Å²) in [5.74, 6) is -0.137. The maximum Gasteiger partial charge on any atom is 0.325 e. The Hall–Kier alpha value is -1.25. The van der Waals surface area contributed by atoms with E-state index in [1.165, 1.54) is 18.6 Å². The summed E-state index contributed by atoms with van der Waals surface area (Å²) in [7, 11) is 1.28. The molecule has 1 heterocycles. The third-order valence-electron chi connectivity index (χ3n) is 2.12. The van der Waals surface area contributed by atoms with Gasteiger partial charge in [-0.1, -0.05) is 0 Å². The van der Waals surface area contributed by atoms with Gasteiger partial charge in [-0.15, -0.1) is 0 Å². The van der Waals surface area contributed by atoms with Crippen molar-refractivity contribution in [1.29, 1.82) is 0 Å². The van der Waals surface area contributed by atoms with Gasteiger partial charge in [-0.05, 0) is 19.1 Å². The number of nitrogens with zero attached hydrogens (tertiary/aromatic N) is 2. The van der Waals surface area contributed by atoms with Gasteiger partial charge < -0.3 is 15.6 Å². The minimum absolute atomic E-state index is 0.0818. The summed E-state index contributed by atoms with van der Waals surface area (Å²) in [5, 5.41) is 15.8. The van der Waals surface area contributed by atoms with Crippen molar-refractivity contribution in [3.8, 4) is 0 Å². The molecule has 90 valence electrons. The number of nitrogens with two attached hydrogens (primary N) is 1. The number of aliphatic hydroxyl groups excluding tert-OH is 1. The number of ether oxygens (including phenoxy) is 1. The smallest absolute Gasteiger partial charge is 0.325 e. The van der Waals surface area contributed by atoms with Gasteiger partial charge in [-0.25, -0.2) is 0 Å². The molecule has 0 amide bonds. The highest BCUT2D eigenvalue weighted by molar-refractivity contribution is 7.71. The summed E-state index contributed by atoms with van der Waals surface area (Å²) in [5.41, 5.74) is 5.72. The molecule has 16 heavy (non-hydrogen) atoms. The van der Waals surface area contributed by atoms with Crippen molar-refractivity contribution in [3.63, 3.8) is 0 Å². The van der Waals surface area contributed by atoms with Crippen LogP contribution in [0.4, 0.5) is 0 Å². The zero-order valence-electron chi connectivity index (χ0n) is 9.01. The Morgan fingerprint density at radius 2 is 2.44 bits per heavy atom. The highest BCUT2D eigenvalue weighted by atomic mass is 32.1. The van der Waals surface area contributed by atoms with Crippen LogP contribution in [0, 0.1) is 4.77 Å². The molecule has 1 aromatic rings. The molecule has 0 spiro atoms. The van der Waals surface area contributed by atoms with Crippen LogP contribution >= 0.6 is 12.2 Å². The van der Waals surface area contributed by atoms with Crippen molar-refractivity contribution < 1.29 is 14.6 Å². The first kappa shape index (κ1) is 12.8. The Labute approximate surface area is 97.2 Å². The first-order valence-corrected chi connectivity index (χ1v) is 5.03. The Balaban J connectivity index is 3.03. The number of aromatic amines is 1. The second-order valence-corrected chi connectivity index (χ2v) is 3.70. The Morgan fingerprint density at radius 3 is 2.94 bits per heavy atom. The molecule has 0 aliphatic heterocycles. The van der Waals surface area contributed by atoms with Gasteiger partial charge >= 0.3 is 5.97 Å². The number of H-pyrrole nitrogens is 1. The predicted molar refractivity (Wildman–Crippen MR) is 58.0 cm³/mol. The molecule has 8 heteroatoms. The Bertz CT molecular complexity index is 425. The van der Waals surface area contributed by atoms with Crippen LogP contribution in [0.2, 0.25) is 0 Å². The normalized spacial score (nSPS) is 14.5. The van der Waals surface area contributed by atoms with Gasteiger partial charge in [0.1, 0.15) is 6.54 Å². The quantitative estimate of drug-likeness (QED) is 0.488. The molecule has 1 aromatic heterocycles. The molecule has 0 radical (unpaired) electrons. The molecule has 1 rings (SSSR count). The van der Waals surface area contributed by atoms with Crippen LogP contribution in [0.25, 0.3) is 0 Å². The minimum atomic E-state index is -0.790. The summed E-state index contributed by atoms with van der Waals surface area (Å²) >= 11 is 4.94. The summed E-state index contributed by atoms with van der Waals surface area (Å²) < 4.78 is 6.18. The average molecular weight is 246 g/mol. The fourth-order valence-electron chi connectivity index (χ4n) is 1.15. The van der Waals surface area contributed by atoms with Crippen LogP contribution in [0.3, 0.4) is 0 Å². The summed E-state index contributed by atoms with van der Waals surface area (Å²) in [6.45, 7) is 1.45. The Morgan fingerprint density at radius 1 is 1.81 bits per heavy atom. The van der Waals surface area contributed by atoms with Crippen molar-refractivity contribution in [2.24, 2.45) is 5.73 Å². The number of hydrogen-bond donors (Lipinski definition) is 3. The average Bonchev–Trinajstić information content (AvgIpc) is 2.59. The molecule has 0 aliphatic rings. The molecule has 2 atom stereocenters. The number of carbonyl (C=O) groups is 1. The van der Waals surface area contributed by atoms with E-state index in [9.17, 15) is 9.90 Å². The van der Waals surface area contributed by atoms with Crippen molar-refractivity contribution in [3.05, 3.63) is 10.6 Å². The molecule has 0 fully saturated rings. The first-order valence-electron chi connectivity index (χ1n) is 4.63. The highest BCUT2D eigenvalue weighted by Gasteiger charge is 2.20. The van der Waals surface area contributed by atoms with E-state index < -0.39 is 18.1 Å². The third kappa shape index (κ3) is 2.65. The lowest BCUT2D eigenvalue weighted by Crippen LogP contribution is -2.28. The SMILES string of the molecule is COC(=O)Cn1c([C@@H](N)[C@H](C)O)n[nH]c1=S. The maximum atomic E-state index is 11.1. The number of carbonyl (C=O) groups excluding carboxylic acids is 1. The summed E-state index contributed by atoms with van der Waals surface area (Å²) in [6.07, 6.45) is -0.790. The van der Waals surface area contributed by atoms with E-state index in [1.54, 1.807) is 0 Å². The molecule has 0 aliphatic carbocycles. The van der Waals surface area contributed by atoms with E-state index in [0.29, 0.717) is 5.82 Å². The van der Waals surface area contributed by atoms with Gasteiger partial charge in [0, 0.05) is 0 Å². The van der Waals surface area contributed by atoms with Crippen LogP contribution < -0.4 is 5.73 Å².